The smallest absolute Gasteiger partial charge is 0.347 e. The Hall–Kier alpha value is -3.88. The number of carbonyl (C=O) groups excluding carboxylic acids is 1. The molecule has 0 fully saturated rings. The highest BCUT2D eigenvalue weighted by Gasteiger charge is 2.49. The summed E-state index contributed by atoms with van der Waals surface area (Å²) in [4.78, 5) is 26.0. The fourth-order valence-electron chi connectivity index (χ4n) is 5.86. The molecule has 41 heavy (non-hydrogen) atoms. The van der Waals surface area contributed by atoms with E-state index in [4.69, 9.17) is 38.1 Å². The number of carbonyl (C=O) groups is 1. The Bertz CT molecular complexity index is 1680. The molecule has 0 unspecified atom stereocenters. The zero-order chi connectivity index (χ0) is 28.6. The van der Waals surface area contributed by atoms with Gasteiger partial charge in [0.25, 0.3) is 0 Å². The number of aryl methyl sites for hydroxylation is 1. The molecule has 6 rings (SSSR count). The Kier molecular flexibility index (Phi) is 7.45. The van der Waals surface area contributed by atoms with Gasteiger partial charge in [-0.2, -0.15) is 5.10 Å². The average Bonchev–Trinajstić information content (AvgIpc) is 3.64. The van der Waals surface area contributed by atoms with Gasteiger partial charge in [-0.05, 0) is 66.3 Å². The third kappa shape index (κ3) is 5.18. The van der Waals surface area contributed by atoms with Crippen molar-refractivity contribution in [3.63, 3.8) is 0 Å². The third-order valence-corrected chi connectivity index (χ3v) is 8.29. The van der Waals surface area contributed by atoms with Crippen LogP contribution < -0.4 is 10.7 Å². The molecule has 0 saturated carbocycles. The number of fused-ring (bicyclic) bond motifs is 2. The molecule has 3 aromatic carbocycles. The summed E-state index contributed by atoms with van der Waals surface area (Å²) >= 11 is 12.3. The Labute approximate surface area is 247 Å². The summed E-state index contributed by atoms with van der Waals surface area (Å²) in [6, 6.07) is 23.5. The maximum atomic E-state index is 13.7. The zero-order valence-corrected chi connectivity index (χ0v) is 24.1. The molecule has 0 bridgehead atoms. The van der Waals surface area contributed by atoms with Gasteiger partial charge in [-0.15, -0.1) is 5.10 Å². The van der Waals surface area contributed by atoms with Crippen LogP contribution in [0.1, 0.15) is 42.0 Å². The van der Waals surface area contributed by atoms with E-state index < -0.39 is 0 Å². The first-order chi connectivity index (χ1) is 19.9. The summed E-state index contributed by atoms with van der Waals surface area (Å²) in [5, 5.41) is 13.0. The summed E-state index contributed by atoms with van der Waals surface area (Å²) in [7, 11) is 0. The molecule has 0 N–H and O–H groups in total. The average molecular weight is 591 g/mol. The van der Waals surface area contributed by atoms with Crippen LogP contribution in [0.4, 0.5) is 5.95 Å². The van der Waals surface area contributed by atoms with Gasteiger partial charge in [0.2, 0.25) is 5.95 Å². The highest BCUT2D eigenvalue weighted by atomic mass is 35.5. The molecule has 8 nitrogen and oxygen atoms in total. The minimum absolute atomic E-state index is 0.0446. The van der Waals surface area contributed by atoms with Gasteiger partial charge in [0, 0.05) is 16.6 Å². The quantitative estimate of drug-likeness (QED) is 0.255. The van der Waals surface area contributed by atoms with Crippen LogP contribution >= 0.6 is 23.2 Å². The third-order valence-electron chi connectivity index (χ3n) is 7.79. The van der Waals surface area contributed by atoms with Crippen molar-refractivity contribution in [3.05, 3.63) is 116 Å². The highest BCUT2D eigenvalue weighted by molar-refractivity contribution is 6.31. The first kappa shape index (κ1) is 27.3. The van der Waals surface area contributed by atoms with Gasteiger partial charge in [-0.3, -0.25) is 9.36 Å². The van der Waals surface area contributed by atoms with Gasteiger partial charge < -0.3 is 4.74 Å². The summed E-state index contributed by atoms with van der Waals surface area (Å²) in [5.74, 6) is 0.0183. The maximum absolute atomic E-state index is 13.7. The van der Waals surface area contributed by atoms with Crippen LogP contribution in [0.15, 0.2) is 82.7 Å². The van der Waals surface area contributed by atoms with E-state index >= 15 is 0 Å². The SMILES string of the molecule is CCOC(=O)CCn1c(N2C[C@@]3(CCc4ccccc43)C(c3ccc(Cl)cc3)=N2)nn(Cc2ccc(Cl)cc2)c1=O. The number of hydrogen-bond donors (Lipinski definition) is 0. The van der Waals surface area contributed by atoms with E-state index in [-0.39, 0.29) is 43.2 Å². The second-order valence-electron chi connectivity index (χ2n) is 10.3. The van der Waals surface area contributed by atoms with E-state index in [0.717, 1.165) is 29.7 Å². The Balaban J connectivity index is 1.44. The van der Waals surface area contributed by atoms with Crippen molar-refractivity contribution in [2.24, 2.45) is 5.10 Å². The van der Waals surface area contributed by atoms with Crippen molar-refractivity contribution in [3.8, 4) is 0 Å². The molecule has 1 atom stereocenters. The Morgan fingerprint density at radius 3 is 2.44 bits per heavy atom. The van der Waals surface area contributed by atoms with Crippen molar-refractivity contribution >= 4 is 40.8 Å². The van der Waals surface area contributed by atoms with E-state index in [1.54, 1.807) is 19.1 Å². The number of halogens is 2. The monoisotopic (exact) mass is 589 g/mol. The molecule has 1 aliphatic heterocycles. The predicted molar refractivity (Wildman–Crippen MR) is 160 cm³/mol. The number of rotatable bonds is 8. The first-order valence-electron chi connectivity index (χ1n) is 13.7. The lowest BCUT2D eigenvalue weighted by Gasteiger charge is -2.27. The Morgan fingerprint density at radius 2 is 1.71 bits per heavy atom. The molecule has 10 heteroatoms. The van der Waals surface area contributed by atoms with E-state index in [0.29, 0.717) is 22.5 Å². The van der Waals surface area contributed by atoms with Crippen LogP contribution in [0, 0.1) is 0 Å². The minimum atomic E-state index is -0.383. The van der Waals surface area contributed by atoms with Crippen LogP contribution in [0.5, 0.6) is 0 Å². The largest absolute Gasteiger partial charge is 0.466 e. The van der Waals surface area contributed by atoms with Crippen molar-refractivity contribution in [1.82, 2.24) is 14.3 Å². The van der Waals surface area contributed by atoms with Gasteiger partial charge >= 0.3 is 11.7 Å². The number of hydrazone groups is 1. The van der Waals surface area contributed by atoms with E-state index in [9.17, 15) is 9.59 Å². The fourth-order valence-corrected chi connectivity index (χ4v) is 6.11. The molecule has 0 saturated heterocycles. The number of aromatic nitrogens is 3. The molecule has 1 aromatic heterocycles. The molecule has 210 valence electrons. The van der Waals surface area contributed by atoms with Crippen LogP contribution in [-0.2, 0) is 34.5 Å². The molecule has 0 amide bonds. The van der Waals surface area contributed by atoms with Crippen LogP contribution in [-0.4, -0.2) is 39.2 Å². The van der Waals surface area contributed by atoms with Crippen molar-refractivity contribution < 1.29 is 9.53 Å². The number of hydrogen-bond acceptors (Lipinski definition) is 6. The molecule has 0 radical (unpaired) electrons. The topological polar surface area (TPSA) is 81.7 Å². The molecule has 1 spiro atoms. The summed E-state index contributed by atoms with van der Waals surface area (Å²) in [6.07, 6.45) is 1.85. The van der Waals surface area contributed by atoms with Crippen molar-refractivity contribution in [1.29, 1.82) is 0 Å². The Morgan fingerprint density at radius 1 is 1.00 bits per heavy atom. The molecule has 2 aliphatic rings. The van der Waals surface area contributed by atoms with Gasteiger partial charge in [0.1, 0.15) is 0 Å². The van der Waals surface area contributed by atoms with Gasteiger partial charge in [0.05, 0.1) is 37.2 Å². The second-order valence-corrected chi connectivity index (χ2v) is 11.2. The maximum Gasteiger partial charge on any atom is 0.347 e. The predicted octanol–water partition coefficient (Wildman–Crippen LogP) is 5.46. The number of anilines is 1. The first-order valence-corrected chi connectivity index (χ1v) is 14.4. The van der Waals surface area contributed by atoms with E-state index in [1.165, 1.54) is 20.4 Å². The van der Waals surface area contributed by atoms with Gasteiger partial charge in [0.15, 0.2) is 0 Å². The highest BCUT2D eigenvalue weighted by Crippen LogP contribution is 2.46. The molecule has 2 heterocycles. The molecular weight excluding hydrogens is 561 g/mol. The van der Waals surface area contributed by atoms with Crippen LogP contribution in [0.25, 0.3) is 0 Å². The molecular formula is C31H29Cl2N5O3. The minimum Gasteiger partial charge on any atom is -0.466 e. The zero-order valence-electron chi connectivity index (χ0n) is 22.6. The van der Waals surface area contributed by atoms with Crippen molar-refractivity contribution in [2.45, 2.75) is 44.7 Å². The number of ether oxygens (including phenoxy) is 1. The standard InChI is InChI=1S/C31H29Cl2N5O3/c1-2-41-27(39)16-18-36-29(35-37(30(36)40)19-21-7-11-24(32)12-8-21)38-20-31(17-15-22-5-3-4-6-26(22)31)28(34-38)23-9-13-25(33)14-10-23/h3-14H,2,15-20H2,1H3/t31-/m1/s1. The fraction of sp³-hybridized carbons (Fsp3) is 0.290. The summed E-state index contributed by atoms with van der Waals surface area (Å²) < 4.78 is 8.07. The lowest BCUT2D eigenvalue weighted by atomic mass is 9.75. The van der Waals surface area contributed by atoms with Crippen LogP contribution in [0.2, 0.25) is 10.0 Å². The normalized spacial score (nSPS) is 17.6. The summed E-state index contributed by atoms with van der Waals surface area (Å²) in [6.45, 7) is 2.93. The van der Waals surface area contributed by atoms with Gasteiger partial charge in [-0.25, -0.2) is 14.5 Å². The molecule has 1 aliphatic carbocycles. The number of esters is 1. The van der Waals surface area contributed by atoms with E-state index in [2.05, 4.69) is 24.3 Å². The van der Waals surface area contributed by atoms with Crippen molar-refractivity contribution in [2.75, 3.05) is 18.2 Å². The van der Waals surface area contributed by atoms with Gasteiger partial charge in [-0.1, -0.05) is 71.7 Å². The second kappa shape index (κ2) is 11.2. The van der Waals surface area contributed by atoms with E-state index in [1.807, 2.05) is 41.4 Å². The summed E-state index contributed by atoms with van der Waals surface area (Å²) in [5.41, 5.74) is 4.58. The number of nitrogens with zero attached hydrogens (tertiary/aromatic N) is 5. The van der Waals surface area contributed by atoms with Crippen LogP contribution in [0.3, 0.4) is 0 Å². The lowest BCUT2D eigenvalue weighted by molar-refractivity contribution is -0.143. The lowest BCUT2D eigenvalue weighted by Crippen LogP contribution is -2.37. The number of benzene rings is 3. The molecule has 4 aromatic rings.